The molecule has 0 atom stereocenters. The van der Waals surface area contributed by atoms with E-state index in [0.29, 0.717) is 26.9 Å². The summed E-state index contributed by atoms with van der Waals surface area (Å²) in [6, 6.07) is 1.79. The highest BCUT2D eigenvalue weighted by Crippen LogP contribution is 2.38. The van der Waals surface area contributed by atoms with E-state index in [-0.39, 0.29) is 23.0 Å². The average Bonchev–Trinajstić information content (AvgIpc) is 3.40. The van der Waals surface area contributed by atoms with E-state index >= 15 is 0 Å². The van der Waals surface area contributed by atoms with Crippen molar-refractivity contribution < 1.29 is 19.8 Å². The number of carboxylic acid groups (broad SMARTS) is 2. The van der Waals surface area contributed by atoms with E-state index in [1.54, 1.807) is 11.4 Å². The first-order valence-electron chi connectivity index (χ1n) is 9.02. The number of amides is 1. The van der Waals surface area contributed by atoms with Crippen molar-refractivity contribution in [1.82, 2.24) is 9.55 Å². The molecule has 1 saturated carbocycles. The summed E-state index contributed by atoms with van der Waals surface area (Å²) < 4.78 is 1.91. The molecule has 3 aromatic heterocycles. The molecule has 29 heavy (non-hydrogen) atoms. The molecule has 3 aromatic rings. The predicted molar refractivity (Wildman–Crippen MR) is 109 cm³/mol. The third-order valence-electron chi connectivity index (χ3n) is 5.19. The average molecular weight is 414 g/mol. The third kappa shape index (κ3) is 3.31. The zero-order valence-corrected chi connectivity index (χ0v) is 16.0. The summed E-state index contributed by atoms with van der Waals surface area (Å²) in [6.45, 7) is 0. The van der Waals surface area contributed by atoms with Crippen LogP contribution in [0.25, 0.3) is 22.0 Å². The Morgan fingerprint density at radius 1 is 1.28 bits per heavy atom. The van der Waals surface area contributed by atoms with Gasteiger partial charge in [0, 0.05) is 24.0 Å². The normalized spacial score (nSPS) is 15.2. The molecule has 0 unspecified atom stereocenters. The maximum absolute atomic E-state index is 12.7. The summed E-state index contributed by atoms with van der Waals surface area (Å²) in [5.74, 6) is -1.24. The van der Waals surface area contributed by atoms with Gasteiger partial charge in [-0.15, -0.1) is 11.3 Å². The van der Waals surface area contributed by atoms with Crippen LogP contribution in [-0.4, -0.2) is 37.7 Å². The van der Waals surface area contributed by atoms with E-state index in [2.05, 4.69) is 9.98 Å². The van der Waals surface area contributed by atoms with Crippen LogP contribution in [0.4, 0.5) is 4.79 Å². The molecule has 1 fully saturated rings. The summed E-state index contributed by atoms with van der Waals surface area (Å²) >= 11 is 1.20. The van der Waals surface area contributed by atoms with Gasteiger partial charge < -0.3 is 25.5 Å². The van der Waals surface area contributed by atoms with Gasteiger partial charge in [0.05, 0.1) is 15.8 Å². The lowest BCUT2D eigenvalue weighted by Gasteiger charge is -2.14. The number of aromatic carboxylic acids is 1. The molecule has 1 amide bonds. The van der Waals surface area contributed by atoms with Crippen LogP contribution in [-0.2, 0) is 0 Å². The topological polar surface area (TPSA) is 151 Å². The maximum atomic E-state index is 12.7. The Morgan fingerprint density at radius 2 is 2.00 bits per heavy atom. The number of aromatic amines is 1. The van der Waals surface area contributed by atoms with Crippen molar-refractivity contribution in [2.75, 3.05) is 0 Å². The number of fused-ring (bicyclic) bond motifs is 1. The number of carbonyl (C=O) groups is 2. The lowest BCUT2D eigenvalue weighted by Crippen LogP contribution is -2.13. The Kier molecular flexibility index (Phi) is 4.71. The third-order valence-corrected chi connectivity index (χ3v) is 6.14. The number of carboxylic acids is 1. The largest absolute Gasteiger partial charge is 0.478 e. The van der Waals surface area contributed by atoms with E-state index in [4.69, 9.17) is 10.8 Å². The van der Waals surface area contributed by atoms with Gasteiger partial charge in [-0.2, -0.15) is 4.99 Å². The molecule has 150 valence electrons. The molecule has 9 nitrogen and oxygen atoms in total. The van der Waals surface area contributed by atoms with E-state index < -0.39 is 12.1 Å². The summed E-state index contributed by atoms with van der Waals surface area (Å²) in [5, 5.41) is 20.5. The van der Waals surface area contributed by atoms with Crippen molar-refractivity contribution in [2.24, 2.45) is 10.7 Å². The number of nitrogens with two attached hydrogens (primary N) is 1. The van der Waals surface area contributed by atoms with Crippen molar-refractivity contribution >= 4 is 40.1 Å². The summed E-state index contributed by atoms with van der Waals surface area (Å²) in [4.78, 5) is 41.5. The van der Waals surface area contributed by atoms with E-state index in [1.165, 1.54) is 17.5 Å². The quantitative estimate of drug-likeness (QED) is 0.380. The second-order valence-corrected chi connectivity index (χ2v) is 7.84. The number of thiophene rings is 1. The highest BCUT2D eigenvalue weighted by Gasteiger charge is 2.26. The first kappa shape index (κ1) is 18.9. The van der Waals surface area contributed by atoms with Gasteiger partial charge in [-0.3, -0.25) is 4.79 Å². The van der Waals surface area contributed by atoms with E-state index in [0.717, 1.165) is 25.7 Å². The van der Waals surface area contributed by atoms with Gasteiger partial charge in [0.25, 0.3) is 5.56 Å². The number of H-pyrrole nitrogens is 1. The molecular formula is C19H18N4O5S. The lowest BCUT2D eigenvalue weighted by molar-refractivity contribution is 0.0698. The minimum absolute atomic E-state index is 0.0418. The van der Waals surface area contributed by atoms with Crippen molar-refractivity contribution in [3.8, 4) is 11.1 Å². The van der Waals surface area contributed by atoms with Crippen LogP contribution >= 0.6 is 11.3 Å². The highest BCUT2D eigenvalue weighted by molar-refractivity contribution is 7.12. The first-order chi connectivity index (χ1) is 13.9. The number of aliphatic imine (C=N–C) groups is 1. The monoisotopic (exact) mass is 414 g/mol. The standard InChI is InChI=1S/C19H18N4O5S/c20-16(22-19(27)28)13-5-9(8-29-13)12-7-23(10-3-1-2-4-10)15-11(18(25)26)6-21-17(24)14(12)15/h5-8,10H,1-4H2,(H2,20,22)(H,21,24)(H,25,26)(H,27,28). The summed E-state index contributed by atoms with van der Waals surface area (Å²) in [5.41, 5.74) is 7.04. The van der Waals surface area contributed by atoms with Gasteiger partial charge in [0.2, 0.25) is 0 Å². The van der Waals surface area contributed by atoms with Crippen LogP contribution in [0.2, 0.25) is 0 Å². The van der Waals surface area contributed by atoms with E-state index in [9.17, 15) is 19.5 Å². The first-order valence-corrected chi connectivity index (χ1v) is 9.90. The van der Waals surface area contributed by atoms with Gasteiger partial charge in [-0.05, 0) is 29.9 Å². The minimum Gasteiger partial charge on any atom is -0.478 e. The van der Waals surface area contributed by atoms with Crippen LogP contribution in [0, 0.1) is 0 Å². The number of amidine groups is 1. The smallest absolute Gasteiger partial charge is 0.433 e. The Bertz CT molecular complexity index is 1210. The fourth-order valence-electron chi connectivity index (χ4n) is 3.93. The molecule has 0 radical (unpaired) electrons. The second-order valence-electron chi connectivity index (χ2n) is 6.93. The molecule has 10 heteroatoms. The number of nitrogens with zero attached hydrogens (tertiary/aromatic N) is 2. The number of aromatic nitrogens is 2. The molecule has 0 aromatic carbocycles. The molecule has 0 aliphatic heterocycles. The van der Waals surface area contributed by atoms with Crippen molar-refractivity contribution in [1.29, 1.82) is 0 Å². The van der Waals surface area contributed by atoms with Crippen LogP contribution in [0.5, 0.6) is 0 Å². The molecule has 1 aliphatic rings. The maximum Gasteiger partial charge on any atom is 0.433 e. The van der Waals surface area contributed by atoms with Crippen molar-refractivity contribution in [3.05, 3.63) is 44.6 Å². The van der Waals surface area contributed by atoms with Gasteiger partial charge in [0.15, 0.2) is 0 Å². The fraction of sp³-hybridized carbons (Fsp3) is 0.263. The van der Waals surface area contributed by atoms with Crippen LogP contribution in [0.1, 0.15) is 47.0 Å². The number of hydrogen-bond acceptors (Lipinski definition) is 4. The molecule has 0 bridgehead atoms. The Morgan fingerprint density at radius 3 is 2.66 bits per heavy atom. The zero-order valence-electron chi connectivity index (χ0n) is 15.2. The molecule has 0 spiro atoms. The zero-order chi connectivity index (χ0) is 20.7. The Hall–Kier alpha value is -3.40. The molecule has 0 saturated heterocycles. The van der Waals surface area contributed by atoms with Gasteiger partial charge in [-0.25, -0.2) is 9.59 Å². The number of rotatable bonds is 4. The van der Waals surface area contributed by atoms with Crippen molar-refractivity contribution in [2.45, 2.75) is 31.7 Å². The van der Waals surface area contributed by atoms with Gasteiger partial charge >= 0.3 is 12.1 Å². The summed E-state index contributed by atoms with van der Waals surface area (Å²) in [6.07, 6.45) is 5.60. The number of hydrogen-bond donors (Lipinski definition) is 4. The molecule has 1 aliphatic carbocycles. The second kappa shape index (κ2) is 7.21. The lowest BCUT2D eigenvalue weighted by atomic mass is 10.1. The Balaban J connectivity index is 1.95. The van der Waals surface area contributed by atoms with Crippen LogP contribution in [0.3, 0.4) is 0 Å². The Labute approximate surface area is 168 Å². The molecule has 5 N–H and O–H groups in total. The predicted octanol–water partition coefficient (Wildman–Crippen LogP) is 3.25. The van der Waals surface area contributed by atoms with Gasteiger partial charge in [0.1, 0.15) is 11.4 Å². The van der Waals surface area contributed by atoms with Crippen molar-refractivity contribution in [3.63, 3.8) is 0 Å². The minimum atomic E-state index is -1.39. The number of pyridine rings is 1. The number of nitrogens with one attached hydrogen (secondary N) is 1. The van der Waals surface area contributed by atoms with Crippen LogP contribution < -0.4 is 11.3 Å². The molecular weight excluding hydrogens is 396 g/mol. The highest BCUT2D eigenvalue weighted by atomic mass is 32.1. The summed E-state index contributed by atoms with van der Waals surface area (Å²) in [7, 11) is 0. The molecule has 4 rings (SSSR count). The molecule has 3 heterocycles. The van der Waals surface area contributed by atoms with Gasteiger partial charge in [-0.1, -0.05) is 12.8 Å². The SMILES string of the molecule is NC(=NC(=O)O)c1cc(-c2cn(C3CCCC3)c3c(C(=O)O)c[nH]c(=O)c23)cs1. The fourth-order valence-corrected chi connectivity index (χ4v) is 4.74. The van der Waals surface area contributed by atoms with Crippen LogP contribution in [0.15, 0.2) is 33.6 Å². The van der Waals surface area contributed by atoms with E-state index in [1.807, 2.05) is 10.8 Å².